The number of nitrogens with zero attached hydrogens (tertiary/aromatic N) is 1. The topological polar surface area (TPSA) is 24.5 Å². The van der Waals surface area contributed by atoms with Gasteiger partial charge < -0.3 is 15.0 Å². The summed E-state index contributed by atoms with van der Waals surface area (Å²) in [5.41, 5.74) is 2.36. The van der Waals surface area contributed by atoms with Crippen molar-refractivity contribution in [2.24, 2.45) is 0 Å². The highest BCUT2D eigenvalue weighted by atomic mass is 16.5. The quantitative estimate of drug-likeness (QED) is 0.831. The molecule has 0 saturated heterocycles. The van der Waals surface area contributed by atoms with Crippen LogP contribution in [0.5, 0.6) is 5.75 Å². The summed E-state index contributed by atoms with van der Waals surface area (Å²) in [5, 5.41) is 3.43. The van der Waals surface area contributed by atoms with Crippen molar-refractivity contribution in [1.29, 1.82) is 0 Å². The molecular formula is C17H22N2O. The van der Waals surface area contributed by atoms with E-state index in [0.29, 0.717) is 0 Å². The fourth-order valence-electron chi connectivity index (χ4n) is 2.18. The highest BCUT2D eigenvalue weighted by Gasteiger charge is 2.03. The molecule has 0 aromatic heterocycles. The second-order valence-corrected chi connectivity index (χ2v) is 4.57. The molecule has 0 spiro atoms. The van der Waals surface area contributed by atoms with Crippen LogP contribution in [0.25, 0.3) is 0 Å². The number of nitrogens with one attached hydrogen (secondary N) is 1. The minimum atomic E-state index is 0.880. The van der Waals surface area contributed by atoms with Gasteiger partial charge in [0, 0.05) is 37.1 Å². The van der Waals surface area contributed by atoms with E-state index in [0.717, 1.165) is 31.1 Å². The summed E-state index contributed by atoms with van der Waals surface area (Å²) in [6, 6.07) is 18.5. The number of hydrogen-bond donors (Lipinski definition) is 1. The predicted molar refractivity (Wildman–Crippen MR) is 85.8 cm³/mol. The van der Waals surface area contributed by atoms with Gasteiger partial charge in [-0.3, -0.25) is 0 Å². The second kappa shape index (κ2) is 7.43. The first-order valence-corrected chi connectivity index (χ1v) is 7.01. The molecule has 20 heavy (non-hydrogen) atoms. The van der Waals surface area contributed by atoms with Crippen LogP contribution in [0, 0.1) is 0 Å². The Morgan fingerprint density at radius 1 is 1.05 bits per heavy atom. The monoisotopic (exact) mass is 270 g/mol. The summed E-state index contributed by atoms with van der Waals surface area (Å²) in [7, 11) is 1.69. The zero-order valence-corrected chi connectivity index (χ0v) is 12.2. The first-order chi connectivity index (χ1) is 9.83. The molecule has 2 rings (SSSR count). The number of hydrogen-bond acceptors (Lipinski definition) is 3. The highest BCUT2D eigenvalue weighted by molar-refractivity contribution is 5.49. The molecule has 0 heterocycles. The number of likely N-dealkylation sites (N-methyl/N-ethyl adjacent to an activating group) is 1. The summed E-state index contributed by atoms with van der Waals surface area (Å²) in [4.78, 5) is 2.35. The highest BCUT2D eigenvalue weighted by Crippen LogP contribution is 2.17. The molecule has 0 atom stereocenters. The Bertz CT molecular complexity index is 513. The van der Waals surface area contributed by atoms with Crippen LogP contribution in [0.2, 0.25) is 0 Å². The van der Waals surface area contributed by atoms with E-state index < -0.39 is 0 Å². The third kappa shape index (κ3) is 3.92. The average molecular weight is 270 g/mol. The van der Waals surface area contributed by atoms with E-state index in [-0.39, 0.29) is 0 Å². The van der Waals surface area contributed by atoms with E-state index in [2.05, 4.69) is 47.5 Å². The van der Waals surface area contributed by atoms with Gasteiger partial charge in [0.2, 0.25) is 0 Å². The Morgan fingerprint density at radius 2 is 1.85 bits per heavy atom. The van der Waals surface area contributed by atoms with Crippen molar-refractivity contribution in [1.82, 2.24) is 0 Å². The van der Waals surface area contributed by atoms with Gasteiger partial charge >= 0.3 is 0 Å². The smallest absolute Gasteiger partial charge is 0.120 e. The van der Waals surface area contributed by atoms with E-state index >= 15 is 0 Å². The van der Waals surface area contributed by atoms with Crippen LogP contribution < -0.4 is 15.0 Å². The van der Waals surface area contributed by atoms with Gasteiger partial charge in [-0.05, 0) is 31.2 Å². The van der Waals surface area contributed by atoms with Gasteiger partial charge in [0.15, 0.2) is 0 Å². The number of para-hydroxylation sites is 1. The second-order valence-electron chi connectivity index (χ2n) is 4.57. The maximum Gasteiger partial charge on any atom is 0.120 e. The van der Waals surface area contributed by atoms with Crippen LogP contribution >= 0.6 is 0 Å². The molecule has 0 radical (unpaired) electrons. The molecular weight excluding hydrogens is 248 g/mol. The average Bonchev–Trinajstić information content (AvgIpc) is 2.52. The number of benzene rings is 2. The van der Waals surface area contributed by atoms with Crippen LogP contribution in [0.3, 0.4) is 0 Å². The lowest BCUT2D eigenvalue weighted by Gasteiger charge is -2.23. The van der Waals surface area contributed by atoms with Crippen LogP contribution in [0.4, 0.5) is 11.4 Å². The Kier molecular flexibility index (Phi) is 5.30. The van der Waals surface area contributed by atoms with Gasteiger partial charge in [0.1, 0.15) is 5.75 Å². The third-order valence-corrected chi connectivity index (χ3v) is 3.28. The van der Waals surface area contributed by atoms with Crippen molar-refractivity contribution in [3.05, 3.63) is 54.6 Å². The largest absolute Gasteiger partial charge is 0.497 e. The Balaban J connectivity index is 1.88. The van der Waals surface area contributed by atoms with Gasteiger partial charge in [-0.15, -0.1) is 0 Å². The summed E-state index contributed by atoms with van der Waals surface area (Å²) in [6.07, 6.45) is 0. The van der Waals surface area contributed by atoms with Gasteiger partial charge in [-0.1, -0.05) is 24.3 Å². The lowest BCUT2D eigenvalue weighted by molar-refractivity contribution is 0.415. The van der Waals surface area contributed by atoms with E-state index in [1.54, 1.807) is 7.11 Å². The van der Waals surface area contributed by atoms with Gasteiger partial charge in [-0.25, -0.2) is 0 Å². The van der Waals surface area contributed by atoms with Crippen molar-refractivity contribution in [2.75, 3.05) is 37.0 Å². The Hall–Kier alpha value is -2.16. The molecule has 3 nitrogen and oxygen atoms in total. The molecule has 0 aliphatic carbocycles. The summed E-state index contributed by atoms with van der Waals surface area (Å²) in [6.45, 7) is 5.05. The van der Waals surface area contributed by atoms with Crippen molar-refractivity contribution >= 4 is 11.4 Å². The molecule has 0 amide bonds. The molecule has 0 aliphatic heterocycles. The molecule has 106 valence electrons. The lowest BCUT2D eigenvalue weighted by Crippen LogP contribution is -2.28. The van der Waals surface area contributed by atoms with E-state index in [9.17, 15) is 0 Å². The molecule has 1 N–H and O–H groups in total. The number of ether oxygens (including phenoxy) is 1. The van der Waals surface area contributed by atoms with E-state index in [1.807, 2.05) is 24.3 Å². The van der Waals surface area contributed by atoms with Crippen LogP contribution in [-0.4, -0.2) is 26.7 Å². The standard InChI is InChI=1S/C17H22N2O/c1-3-19(16-9-5-4-6-10-16)13-12-18-15-8-7-11-17(14-15)20-2/h4-11,14,18H,3,12-13H2,1-2H3. The fraction of sp³-hybridized carbons (Fsp3) is 0.294. The first-order valence-electron chi connectivity index (χ1n) is 7.01. The molecule has 0 bridgehead atoms. The van der Waals surface area contributed by atoms with Crippen molar-refractivity contribution in [3.8, 4) is 5.75 Å². The molecule has 3 heteroatoms. The number of methoxy groups -OCH3 is 1. The SMILES string of the molecule is CCN(CCNc1cccc(OC)c1)c1ccccc1. The van der Waals surface area contributed by atoms with Crippen LogP contribution in [0.1, 0.15) is 6.92 Å². The first kappa shape index (κ1) is 14.3. The van der Waals surface area contributed by atoms with Crippen molar-refractivity contribution in [2.45, 2.75) is 6.92 Å². The van der Waals surface area contributed by atoms with E-state index in [4.69, 9.17) is 4.74 Å². The maximum absolute atomic E-state index is 5.22. The minimum Gasteiger partial charge on any atom is -0.497 e. The molecule has 0 aliphatic rings. The summed E-state index contributed by atoms with van der Waals surface area (Å²) >= 11 is 0. The number of rotatable bonds is 7. The van der Waals surface area contributed by atoms with Gasteiger partial charge in [0.25, 0.3) is 0 Å². The minimum absolute atomic E-state index is 0.880. The molecule has 0 saturated carbocycles. The van der Waals surface area contributed by atoms with E-state index in [1.165, 1.54) is 5.69 Å². The predicted octanol–water partition coefficient (Wildman–Crippen LogP) is 3.63. The molecule has 0 unspecified atom stereocenters. The van der Waals surface area contributed by atoms with Gasteiger partial charge in [-0.2, -0.15) is 0 Å². The summed E-state index contributed by atoms with van der Waals surface area (Å²) < 4.78 is 5.22. The maximum atomic E-state index is 5.22. The number of anilines is 2. The molecule has 2 aromatic carbocycles. The summed E-state index contributed by atoms with van der Waals surface area (Å²) in [5.74, 6) is 0.880. The lowest BCUT2D eigenvalue weighted by atomic mass is 10.2. The Labute approximate surface area is 121 Å². The fourth-order valence-corrected chi connectivity index (χ4v) is 2.18. The van der Waals surface area contributed by atoms with Crippen molar-refractivity contribution < 1.29 is 4.74 Å². The Morgan fingerprint density at radius 3 is 2.55 bits per heavy atom. The normalized spacial score (nSPS) is 10.1. The van der Waals surface area contributed by atoms with Crippen molar-refractivity contribution in [3.63, 3.8) is 0 Å². The van der Waals surface area contributed by atoms with Crippen LogP contribution in [0.15, 0.2) is 54.6 Å². The molecule has 2 aromatic rings. The van der Waals surface area contributed by atoms with Crippen LogP contribution in [-0.2, 0) is 0 Å². The third-order valence-electron chi connectivity index (χ3n) is 3.28. The zero-order valence-electron chi connectivity index (χ0n) is 12.2. The molecule has 0 fully saturated rings. The zero-order chi connectivity index (χ0) is 14.2. The van der Waals surface area contributed by atoms with Gasteiger partial charge in [0.05, 0.1) is 7.11 Å².